The Kier molecular flexibility index (Phi) is 7.20. The molecule has 0 atom stereocenters. The van der Waals surface area contributed by atoms with E-state index in [1.54, 1.807) is 0 Å². The summed E-state index contributed by atoms with van der Waals surface area (Å²) in [5.41, 5.74) is 2.37. The minimum atomic E-state index is -0.475. The van der Waals surface area contributed by atoms with Gasteiger partial charge in [0.15, 0.2) is 0 Å². The Hall–Kier alpha value is -3.86. The van der Waals surface area contributed by atoms with Crippen molar-refractivity contribution in [3.05, 3.63) is 135 Å². The number of aromatic nitrogens is 2. The highest BCUT2D eigenvalue weighted by molar-refractivity contribution is 5.32. The van der Waals surface area contributed by atoms with Crippen LogP contribution in [0.25, 0.3) is 0 Å². The molecule has 5 heteroatoms. The second-order valence-electron chi connectivity index (χ2n) is 8.20. The van der Waals surface area contributed by atoms with Crippen molar-refractivity contribution in [2.24, 2.45) is 0 Å². The van der Waals surface area contributed by atoms with Crippen molar-refractivity contribution in [2.45, 2.75) is 38.3 Å². The predicted molar refractivity (Wildman–Crippen MR) is 131 cm³/mol. The summed E-state index contributed by atoms with van der Waals surface area (Å²) in [5, 5.41) is 10.5. The Morgan fingerprint density at radius 2 is 1.24 bits per heavy atom. The lowest BCUT2D eigenvalue weighted by Crippen LogP contribution is -2.40. The molecule has 0 aliphatic heterocycles. The van der Waals surface area contributed by atoms with Gasteiger partial charge in [0.2, 0.25) is 5.88 Å². The van der Waals surface area contributed by atoms with Gasteiger partial charge in [0.25, 0.3) is 5.56 Å². The van der Waals surface area contributed by atoms with Gasteiger partial charge in [0.1, 0.15) is 0 Å². The third-order valence-corrected chi connectivity index (χ3v) is 5.97. The van der Waals surface area contributed by atoms with Crippen LogP contribution in [0.2, 0.25) is 0 Å². The zero-order chi connectivity index (χ0) is 23.0. The van der Waals surface area contributed by atoms with Crippen LogP contribution in [0.3, 0.4) is 0 Å². The Bertz CT molecular complexity index is 1240. The van der Waals surface area contributed by atoms with E-state index in [0.717, 1.165) is 30.0 Å². The average molecular weight is 441 g/mol. The zero-order valence-corrected chi connectivity index (χ0v) is 18.5. The lowest BCUT2D eigenvalue weighted by atomic mass is 9.91. The van der Waals surface area contributed by atoms with Gasteiger partial charge in [-0.3, -0.25) is 13.9 Å². The number of aryl methyl sites for hydroxylation is 1. The number of nitrogens with zero attached hydrogens (tertiary/aromatic N) is 2. The maximum atomic E-state index is 13.2. The standard InChI is InChI=1S/C28H28N2O3/c31-26-20-27(32)30(28(33)29(26)19-11-10-14-22-12-4-1-5-13-22)21-25(23-15-6-2-7-16-23)24-17-8-3-9-18-24/h1-9,12-13,15-18,20,25,32H,10-11,14,19,21H2. The van der Waals surface area contributed by atoms with E-state index in [-0.39, 0.29) is 18.3 Å². The lowest BCUT2D eigenvalue weighted by Gasteiger charge is -2.21. The van der Waals surface area contributed by atoms with E-state index in [1.165, 1.54) is 14.7 Å². The number of benzene rings is 3. The molecule has 168 valence electrons. The molecule has 1 aromatic heterocycles. The van der Waals surface area contributed by atoms with Crippen molar-refractivity contribution >= 4 is 0 Å². The molecule has 0 fully saturated rings. The summed E-state index contributed by atoms with van der Waals surface area (Å²) in [6.07, 6.45) is 2.47. The summed E-state index contributed by atoms with van der Waals surface area (Å²) in [7, 11) is 0. The van der Waals surface area contributed by atoms with E-state index >= 15 is 0 Å². The minimum Gasteiger partial charge on any atom is -0.494 e. The van der Waals surface area contributed by atoms with Crippen LogP contribution in [0.15, 0.2) is 107 Å². The lowest BCUT2D eigenvalue weighted by molar-refractivity contribution is 0.379. The smallest absolute Gasteiger partial charge is 0.333 e. The number of unbranched alkanes of at least 4 members (excludes halogenated alkanes) is 1. The molecule has 0 amide bonds. The van der Waals surface area contributed by atoms with Gasteiger partial charge in [-0.25, -0.2) is 4.79 Å². The SMILES string of the molecule is O=c1cc(O)n(CC(c2ccccc2)c2ccccc2)c(=O)n1CCCCc1ccccc1. The van der Waals surface area contributed by atoms with Crippen LogP contribution in [0.5, 0.6) is 5.88 Å². The van der Waals surface area contributed by atoms with Gasteiger partial charge < -0.3 is 5.11 Å². The van der Waals surface area contributed by atoms with Gasteiger partial charge in [0.05, 0.1) is 6.07 Å². The van der Waals surface area contributed by atoms with Gasteiger partial charge in [-0.2, -0.15) is 0 Å². The molecule has 0 aliphatic carbocycles. The zero-order valence-electron chi connectivity index (χ0n) is 18.5. The quantitative estimate of drug-likeness (QED) is 0.388. The summed E-state index contributed by atoms with van der Waals surface area (Å²) in [6.45, 7) is 0.565. The summed E-state index contributed by atoms with van der Waals surface area (Å²) in [6, 6.07) is 31.1. The summed E-state index contributed by atoms with van der Waals surface area (Å²) >= 11 is 0. The van der Waals surface area contributed by atoms with Crippen LogP contribution in [0, 0.1) is 0 Å². The molecule has 1 N–H and O–H groups in total. The van der Waals surface area contributed by atoms with Gasteiger partial charge in [-0.1, -0.05) is 91.0 Å². The van der Waals surface area contributed by atoms with E-state index in [9.17, 15) is 14.7 Å². The number of aromatic hydroxyl groups is 1. The maximum Gasteiger partial charge on any atom is 0.333 e. The molecule has 0 saturated heterocycles. The Morgan fingerprint density at radius 3 is 1.82 bits per heavy atom. The molecule has 3 aromatic carbocycles. The second kappa shape index (κ2) is 10.6. The van der Waals surface area contributed by atoms with Crippen molar-refractivity contribution in [3.8, 4) is 5.88 Å². The molecule has 4 aromatic rings. The van der Waals surface area contributed by atoms with E-state index in [2.05, 4.69) is 12.1 Å². The molecule has 0 saturated carbocycles. The van der Waals surface area contributed by atoms with Gasteiger partial charge in [-0.15, -0.1) is 0 Å². The van der Waals surface area contributed by atoms with Crippen molar-refractivity contribution in [1.29, 1.82) is 0 Å². The van der Waals surface area contributed by atoms with Crippen molar-refractivity contribution in [3.63, 3.8) is 0 Å². The van der Waals surface area contributed by atoms with Gasteiger partial charge >= 0.3 is 5.69 Å². The fourth-order valence-electron chi connectivity index (χ4n) is 4.18. The number of hydrogen-bond acceptors (Lipinski definition) is 3. The molecular weight excluding hydrogens is 412 g/mol. The first-order valence-corrected chi connectivity index (χ1v) is 11.3. The normalized spacial score (nSPS) is 11.1. The highest BCUT2D eigenvalue weighted by Crippen LogP contribution is 2.27. The molecule has 1 heterocycles. The Morgan fingerprint density at radius 1 is 0.697 bits per heavy atom. The first kappa shape index (κ1) is 22.3. The van der Waals surface area contributed by atoms with Crippen LogP contribution in [-0.4, -0.2) is 14.2 Å². The molecule has 0 spiro atoms. The molecule has 4 rings (SSSR count). The van der Waals surface area contributed by atoms with Crippen LogP contribution in [-0.2, 0) is 19.5 Å². The van der Waals surface area contributed by atoms with Gasteiger partial charge in [0, 0.05) is 19.0 Å². The molecule has 0 bridgehead atoms. The topological polar surface area (TPSA) is 64.2 Å². The maximum absolute atomic E-state index is 13.2. The van der Waals surface area contributed by atoms with Crippen LogP contribution >= 0.6 is 0 Å². The van der Waals surface area contributed by atoms with Crippen molar-refractivity contribution < 1.29 is 5.11 Å². The molecule has 0 aliphatic rings. The van der Waals surface area contributed by atoms with Gasteiger partial charge in [-0.05, 0) is 36.0 Å². The Balaban J connectivity index is 1.58. The van der Waals surface area contributed by atoms with Crippen molar-refractivity contribution in [2.75, 3.05) is 0 Å². The molecule has 0 radical (unpaired) electrons. The third-order valence-electron chi connectivity index (χ3n) is 5.97. The molecular formula is C28H28N2O3. The van der Waals surface area contributed by atoms with Crippen LogP contribution in [0.1, 0.15) is 35.4 Å². The van der Waals surface area contributed by atoms with Crippen LogP contribution in [0.4, 0.5) is 0 Å². The predicted octanol–water partition coefficient (Wildman–Crippen LogP) is 4.57. The summed E-state index contributed by atoms with van der Waals surface area (Å²) in [4.78, 5) is 25.7. The fourth-order valence-corrected chi connectivity index (χ4v) is 4.18. The summed E-state index contributed by atoms with van der Waals surface area (Å²) < 4.78 is 2.54. The fraction of sp³-hybridized carbons (Fsp3) is 0.214. The first-order valence-electron chi connectivity index (χ1n) is 11.3. The molecule has 5 nitrogen and oxygen atoms in total. The third kappa shape index (κ3) is 5.50. The second-order valence-corrected chi connectivity index (χ2v) is 8.20. The largest absolute Gasteiger partial charge is 0.494 e. The highest BCUT2D eigenvalue weighted by atomic mass is 16.3. The monoisotopic (exact) mass is 440 g/mol. The van der Waals surface area contributed by atoms with E-state index in [0.29, 0.717) is 13.0 Å². The number of hydrogen-bond donors (Lipinski definition) is 1. The van der Waals surface area contributed by atoms with Crippen LogP contribution < -0.4 is 11.2 Å². The highest BCUT2D eigenvalue weighted by Gasteiger charge is 2.19. The minimum absolute atomic E-state index is 0.139. The van der Waals surface area contributed by atoms with E-state index < -0.39 is 11.2 Å². The summed E-state index contributed by atoms with van der Waals surface area (Å²) in [5.74, 6) is -0.442. The molecule has 33 heavy (non-hydrogen) atoms. The number of rotatable bonds is 9. The van der Waals surface area contributed by atoms with E-state index in [4.69, 9.17) is 0 Å². The first-order chi connectivity index (χ1) is 16.1. The van der Waals surface area contributed by atoms with E-state index in [1.807, 2.05) is 78.9 Å². The molecule has 0 unspecified atom stereocenters. The Labute approximate surface area is 193 Å². The average Bonchev–Trinajstić information content (AvgIpc) is 2.85. The van der Waals surface area contributed by atoms with Crippen molar-refractivity contribution in [1.82, 2.24) is 9.13 Å².